The number of hydrogen-bond acceptors (Lipinski definition) is 5. The Labute approximate surface area is 215 Å². The Kier molecular flexibility index (Phi) is 5.52. The van der Waals surface area contributed by atoms with Crippen LogP contribution in [-0.2, 0) is 18.3 Å². The van der Waals surface area contributed by atoms with Gasteiger partial charge in [-0.3, -0.25) is 9.59 Å². The SMILES string of the molecule is COc1cccc2c1C(=O)CC1CCc3c(C=O)cccc3CC21c1ccc(OC)c2c(O)cccc12. The van der Waals surface area contributed by atoms with Gasteiger partial charge in [0.25, 0.3) is 0 Å². The van der Waals surface area contributed by atoms with E-state index in [0.29, 0.717) is 40.9 Å². The molecule has 2 unspecified atom stereocenters. The lowest BCUT2D eigenvalue weighted by molar-refractivity contribution is 0.0905. The zero-order valence-electron chi connectivity index (χ0n) is 20.9. The van der Waals surface area contributed by atoms with E-state index in [1.807, 2.05) is 42.5 Å². The summed E-state index contributed by atoms with van der Waals surface area (Å²) in [7, 11) is 3.20. The van der Waals surface area contributed by atoms with Crippen molar-refractivity contribution in [3.05, 3.63) is 100 Å². The van der Waals surface area contributed by atoms with Crippen LogP contribution in [0.3, 0.4) is 0 Å². The second kappa shape index (κ2) is 8.77. The van der Waals surface area contributed by atoms with Gasteiger partial charge in [-0.1, -0.05) is 48.5 Å². The number of ether oxygens (including phenoxy) is 2. The molecule has 4 aromatic rings. The molecule has 4 aromatic carbocycles. The van der Waals surface area contributed by atoms with Gasteiger partial charge in [0.2, 0.25) is 0 Å². The van der Waals surface area contributed by atoms with Crippen molar-refractivity contribution in [3.8, 4) is 17.2 Å². The highest BCUT2D eigenvalue weighted by Gasteiger charge is 2.51. The molecule has 0 heterocycles. The summed E-state index contributed by atoms with van der Waals surface area (Å²) in [6.45, 7) is 0. The van der Waals surface area contributed by atoms with Gasteiger partial charge in [-0.25, -0.2) is 0 Å². The summed E-state index contributed by atoms with van der Waals surface area (Å²) in [6, 6.07) is 21.3. The van der Waals surface area contributed by atoms with Crippen LogP contribution < -0.4 is 9.47 Å². The van der Waals surface area contributed by atoms with Gasteiger partial charge < -0.3 is 14.6 Å². The van der Waals surface area contributed by atoms with E-state index in [-0.39, 0.29) is 17.5 Å². The minimum atomic E-state index is -0.581. The molecule has 2 aliphatic rings. The smallest absolute Gasteiger partial charge is 0.167 e. The Balaban J connectivity index is 1.76. The lowest BCUT2D eigenvalue weighted by Crippen LogP contribution is -2.44. The van der Waals surface area contributed by atoms with E-state index in [0.717, 1.165) is 46.8 Å². The number of phenolic OH excluding ortho intramolecular Hbond substituents is 1. The molecule has 2 atom stereocenters. The van der Waals surface area contributed by atoms with Gasteiger partial charge in [0.15, 0.2) is 5.78 Å². The molecule has 0 bridgehead atoms. The largest absolute Gasteiger partial charge is 0.507 e. The molecule has 0 aromatic heterocycles. The van der Waals surface area contributed by atoms with E-state index in [1.165, 1.54) is 0 Å². The molecule has 0 fully saturated rings. The van der Waals surface area contributed by atoms with Gasteiger partial charge in [0.1, 0.15) is 23.5 Å². The molecule has 1 N–H and O–H groups in total. The molecule has 186 valence electrons. The molecule has 0 amide bonds. The van der Waals surface area contributed by atoms with Crippen molar-refractivity contribution in [2.45, 2.75) is 31.1 Å². The Hall–Kier alpha value is -4.12. The van der Waals surface area contributed by atoms with E-state index in [2.05, 4.69) is 18.2 Å². The fourth-order valence-electron chi connectivity index (χ4n) is 6.90. The number of Topliss-reactive ketones (excluding diaryl/α,β-unsaturated/α-hetero) is 1. The van der Waals surface area contributed by atoms with Crippen LogP contribution >= 0.6 is 0 Å². The summed E-state index contributed by atoms with van der Waals surface area (Å²) in [5.74, 6) is 1.40. The van der Waals surface area contributed by atoms with Crippen LogP contribution in [0, 0.1) is 5.92 Å². The molecule has 0 radical (unpaired) electrons. The number of methoxy groups -OCH3 is 2. The number of benzene rings is 4. The molecule has 5 nitrogen and oxygen atoms in total. The topological polar surface area (TPSA) is 72.8 Å². The molecule has 5 heteroatoms. The van der Waals surface area contributed by atoms with Crippen LogP contribution in [0.1, 0.15) is 55.8 Å². The molecule has 37 heavy (non-hydrogen) atoms. The Morgan fingerprint density at radius 2 is 1.70 bits per heavy atom. The lowest BCUT2D eigenvalue weighted by Gasteiger charge is -2.46. The third-order valence-corrected chi connectivity index (χ3v) is 8.46. The zero-order valence-corrected chi connectivity index (χ0v) is 20.9. The van der Waals surface area contributed by atoms with E-state index in [9.17, 15) is 14.7 Å². The van der Waals surface area contributed by atoms with Gasteiger partial charge in [0.05, 0.1) is 25.2 Å². The van der Waals surface area contributed by atoms with Gasteiger partial charge >= 0.3 is 0 Å². The number of rotatable bonds is 4. The summed E-state index contributed by atoms with van der Waals surface area (Å²) in [4.78, 5) is 25.6. The van der Waals surface area contributed by atoms with Crippen LogP contribution in [0.2, 0.25) is 0 Å². The standard InChI is InChI=1S/C32H28O5/c1-36-28-11-5-9-25-31(28)27(35)16-21-12-13-22-19(6-3-7-20(22)18-33)17-32(21,25)24-14-15-29(37-2)30-23(24)8-4-10-26(30)34/h3-11,14-15,18,21,34H,12-13,16-17H2,1-2H3. The monoisotopic (exact) mass is 492 g/mol. The maximum absolute atomic E-state index is 13.6. The van der Waals surface area contributed by atoms with E-state index in [1.54, 1.807) is 20.3 Å². The number of ketones is 1. The number of phenols is 1. The maximum Gasteiger partial charge on any atom is 0.167 e. The van der Waals surface area contributed by atoms with Crippen molar-refractivity contribution in [2.75, 3.05) is 14.2 Å². The first-order valence-electron chi connectivity index (χ1n) is 12.6. The van der Waals surface area contributed by atoms with Crippen molar-refractivity contribution < 1.29 is 24.2 Å². The second-order valence-corrected chi connectivity index (χ2v) is 10.0. The van der Waals surface area contributed by atoms with Crippen molar-refractivity contribution in [1.29, 1.82) is 0 Å². The molecule has 0 saturated carbocycles. The third-order valence-electron chi connectivity index (χ3n) is 8.46. The molecule has 0 aliphatic heterocycles. The van der Waals surface area contributed by atoms with Gasteiger partial charge in [-0.05, 0) is 71.0 Å². The second-order valence-electron chi connectivity index (χ2n) is 10.0. The van der Waals surface area contributed by atoms with Gasteiger partial charge in [0, 0.05) is 17.4 Å². The Morgan fingerprint density at radius 3 is 2.49 bits per heavy atom. The maximum atomic E-state index is 13.6. The van der Waals surface area contributed by atoms with E-state index in [4.69, 9.17) is 9.47 Å². The fourth-order valence-corrected chi connectivity index (χ4v) is 6.90. The quantitative estimate of drug-likeness (QED) is 0.351. The van der Waals surface area contributed by atoms with E-state index >= 15 is 0 Å². The minimum absolute atomic E-state index is 0.00884. The van der Waals surface area contributed by atoms with Crippen LogP contribution in [0.15, 0.2) is 66.7 Å². The molecular weight excluding hydrogens is 464 g/mol. The Morgan fingerprint density at radius 1 is 0.919 bits per heavy atom. The number of aldehydes is 1. The first-order valence-corrected chi connectivity index (χ1v) is 12.6. The summed E-state index contributed by atoms with van der Waals surface area (Å²) in [5.41, 5.74) is 4.90. The molecule has 0 spiro atoms. The summed E-state index contributed by atoms with van der Waals surface area (Å²) in [6.07, 6.45) is 3.42. The van der Waals surface area contributed by atoms with Crippen molar-refractivity contribution in [2.24, 2.45) is 5.92 Å². The normalized spacial score (nSPS) is 20.4. The van der Waals surface area contributed by atoms with Crippen molar-refractivity contribution in [3.63, 3.8) is 0 Å². The number of hydrogen-bond donors (Lipinski definition) is 1. The average molecular weight is 493 g/mol. The highest BCUT2D eigenvalue weighted by atomic mass is 16.5. The Bertz CT molecular complexity index is 1570. The lowest BCUT2D eigenvalue weighted by atomic mass is 9.56. The van der Waals surface area contributed by atoms with Crippen LogP contribution in [-0.4, -0.2) is 31.4 Å². The molecular formula is C32H28O5. The zero-order chi connectivity index (χ0) is 25.7. The first kappa shape index (κ1) is 23.3. The number of aromatic hydroxyl groups is 1. The van der Waals surface area contributed by atoms with Crippen LogP contribution in [0.5, 0.6) is 17.2 Å². The van der Waals surface area contributed by atoms with Crippen molar-refractivity contribution >= 4 is 22.8 Å². The highest BCUT2D eigenvalue weighted by Crippen LogP contribution is 2.56. The van der Waals surface area contributed by atoms with Crippen molar-refractivity contribution in [1.82, 2.24) is 0 Å². The minimum Gasteiger partial charge on any atom is -0.507 e. The summed E-state index contributed by atoms with van der Waals surface area (Å²) in [5, 5.41) is 12.5. The molecule has 2 aliphatic carbocycles. The first-order chi connectivity index (χ1) is 18.0. The predicted octanol–water partition coefficient (Wildman–Crippen LogP) is 6.05. The third kappa shape index (κ3) is 3.30. The molecule has 6 rings (SSSR count). The molecule has 0 saturated heterocycles. The fraction of sp³-hybridized carbons (Fsp3) is 0.250. The highest BCUT2D eigenvalue weighted by molar-refractivity contribution is 6.04. The van der Waals surface area contributed by atoms with Gasteiger partial charge in [-0.15, -0.1) is 0 Å². The predicted molar refractivity (Wildman–Crippen MR) is 142 cm³/mol. The number of fused-ring (bicyclic) bond motifs is 5. The summed E-state index contributed by atoms with van der Waals surface area (Å²) < 4.78 is 11.3. The average Bonchev–Trinajstić information content (AvgIpc) is 3.10. The van der Waals surface area contributed by atoms with Crippen LogP contribution in [0.4, 0.5) is 0 Å². The summed E-state index contributed by atoms with van der Waals surface area (Å²) >= 11 is 0. The number of carbonyl (C=O) groups is 2. The van der Waals surface area contributed by atoms with E-state index < -0.39 is 5.41 Å². The number of carbonyl (C=O) groups excluding carboxylic acids is 2. The van der Waals surface area contributed by atoms with Crippen LogP contribution in [0.25, 0.3) is 10.8 Å². The van der Waals surface area contributed by atoms with Gasteiger partial charge in [-0.2, -0.15) is 0 Å².